The topological polar surface area (TPSA) is 45.0 Å². The van der Waals surface area contributed by atoms with Crippen LogP contribution in [0.15, 0.2) is 24.3 Å². The monoisotopic (exact) mass is 240 g/mol. The molecule has 1 unspecified atom stereocenters. The van der Waals surface area contributed by atoms with Gasteiger partial charge in [-0.25, -0.2) is 0 Å². The zero-order valence-corrected chi connectivity index (χ0v) is 9.49. The molecule has 0 aliphatic heterocycles. The van der Waals surface area contributed by atoms with Gasteiger partial charge < -0.3 is 10.1 Å². The second kappa shape index (κ2) is 6.69. The van der Waals surface area contributed by atoms with Crippen molar-refractivity contribution in [3.63, 3.8) is 0 Å². The summed E-state index contributed by atoms with van der Waals surface area (Å²) in [6.07, 6.45) is 1.05. The Bertz CT molecular complexity index is 390. The van der Waals surface area contributed by atoms with E-state index in [1.54, 1.807) is 18.2 Å². The Morgan fingerprint density at radius 2 is 2.12 bits per heavy atom. The summed E-state index contributed by atoms with van der Waals surface area (Å²) in [4.78, 5) is 0. The van der Waals surface area contributed by atoms with Crippen LogP contribution in [-0.4, -0.2) is 12.7 Å². The fourth-order valence-corrected chi connectivity index (χ4v) is 1.41. The van der Waals surface area contributed by atoms with Gasteiger partial charge in [0, 0.05) is 6.04 Å². The number of anilines is 1. The van der Waals surface area contributed by atoms with E-state index in [1.165, 1.54) is 6.07 Å². The predicted octanol–water partition coefficient (Wildman–Crippen LogP) is 3.39. The van der Waals surface area contributed by atoms with Gasteiger partial charge in [0.1, 0.15) is 5.75 Å². The lowest BCUT2D eigenvalue weighted by Gasteiger charge is -2.18. The van der Waals surface area contributed by atoms with Crippen LogP contribution in [0.1, 0.15) is 19.8 Å². The molecule has 0 saturated carbocycles. The number of nitriles is 1. The van der Waals surface area contributed by atoms with Crippen molar-refractivity contribution >= 4 is 5.69 Å². The van der Waals surface area contributed by atoms with Crippen LogP contribution in [0.3, 0.4) is 0 Å². The normalized spacial score (nSPS) is 11.9. The zero-order valence-electron chi connectivity index (χ0n) is 9.49. The minimum absolute atomic E-state index is 0.0672. The SMILES string of the molecule is CCC(CC#N)Nc1ccccc1OC(F)F. The van der Waals surface area contributed by atoms with E-state index in [1.807, 2.05) is 13.0 Å². The molecule has 0 fully saturated rings. The number of halogens is 2. The van der Waals surface area contributed by atoms with E-state index in [-0.39, 0.29) is 11.8 Å². The number of nitrogens with one attached hydrogen (secondary N) is 1. The summed E-state index contributed by atoms with van der Waals surface area (Å²) in [5, 5.41) is 11.6. The van der Waals surface area contributed by atoms with Crippen LogP contribution < -0.4 is 10.1 Å². The fraction of sp³-hybridized carbons (Fsp3) is 0.417. The second-order valence-electron chi connectivity index (χ2n) is 3.49. The lowest BCUT2D eigenvalue weighted by molar-refractivity contribution is -0.0493. The van der Waals surface area contributed by atoms with Crippen LogP contribution in [0, 0.1) is 11.3 Å². The third-order valence-corrected chi connectivity index (χ3v) is 2.29. The Balaban J connectivity index is 2.78. The van der Waals surface area contributed by atoms with Crippen LogP contribution >= 0.6 is 0 Å². The molecule has 17 heavy (non-hydrogen) atoms. The molecule has 3 nitrogen and oxygen atoms in total. The van der Waals surface area contributed by atoms with Gasteiger partial charge in [0.15, 0.2) is 0 Å². The van der Waals surface area contributed by atoms with Gasteiger partial charge in [0.05, 0.1) is 18.2 Å². The summed E-state index contributed by atoms with van der Waals surface area (Å²) in [6.45, 7) is -0.931. The molecule has 1 aromatic carbocycles. The minimum Gasteiger partial charge on any atom is -0.433 e. The van der Waals surface area contributed by atoms with Crippen molar-refractivity contribution in [2.45, 2.75) is 32.4 Å². The fourth-order valence-electron chi connectivity index (χ4n) is 1.41. The highest BCUT2D eigenvalue weighted by molar-refractivity contribution is 5.56. The largest absolute Gasteiger partial charge is 0.433 e. The maximum absolute atomic E-state index is 12.2. The highest BCUT2D eigenvalue weighted by Crippen LogP contribution is 2.26. The standard InChI is InChI=1S/C12H14F2N2O/c1-2-9(7-8-15)16-10-5-3-4-6-11(10)17-12(13)14/h3-6,9,12,16H,2,7H2,1H3. The van der Waals surface area contributed by atoms with Gasteiger partial charge in [-0.05, 0) is 18.6 Å². The number of hydrogen-bond donors (Lipinski definition) is 1. The average Bonchev–Trinajstić information content (AvgIpc) is 2.30. The van der Waals surface area contributed by atoms with Gasteiger partial charge in [-0.15, -0.1) is 0 Å². The van der Waals surface area contributed by atoms with Crippen LogP contribution in [0.25, 0.3) is 0 Å². The first-order valence-corrected chi connectivity index (χ1v) is 5.34. The summed E-state index contributed by atoms with van der Waals surface area (Å²) >= 11 is 0. The first kappa shape index (κ1) is 13.2. The number of alkyl halides is 2. The highest BCUT2D eigenvalue weighted by atomic mass is 19.3. The molecule has 0 amide bonds. The van der Waals surface area contributed by atoms with Crippen LogP contribution in [0.2, 0.25) is 0 Å². The number of ether oxygens (including phenoxy) is 1. The van der Waals surface area contributed by atoms with E-state index in [2.05, 4.69) is 10.1 Å². The summed E-state index contributed by atoms with van der Waals surface area (Å²) in [6, 6.07) is 8.44. The van der Waals surface area contributed by atoms with E-state index in [9.17, 15) is 8.78 Å². The molecule has 1 atom stereocenters. The summed E-state index contributed by atoms with van der Waals surface area (Å²) in [5.74, 6) is 0.0962. The van der Waals surface area contributed by atoms with E-state index in [0.717, 1.165) is 6.42 Å². The maximum Gasteiger partial charge on any atom is 0.387 e. The van der Waals surface area contributed by atoms with E-state index in [4.69, 9.17) is 5.26 Å². The third kappa shape index (κ3) is 4.27. The maximum atomic E-state index is 12.2. The molecular formula is C12H14F2N2O. The van der Waals surface area contributed by atoms with Gasteiger partial charge in [0.25, 0.3) is 0 Å². The van der Waals surface area contributed by atoms with Gasteiger partial charge in [-0.3, -0.25) is 0 Å². The number of nitrogens with zero attached hydrogens (tertiary/aromatic N) is 1. The van der Waals surface area contributed by atoms with E-state index >= 15 is 0 Å². The van der Waals surface area contributed by atoms with Crippen molar-refractivity contribution in [3.8, 4) is 11.8 Å². The van der Waals surface area contributed by atoms with Crippen LogP contribution in [-0.2, 0) is 0 Å². The third-order valence-electron chi connectivity index (χ3n) is 2.29. The van der Waals surface area contributed by atoms with Crippen molar-refractivity contribution < 1.29 is 13.5 Å². The number of para-hydroxylation sites is 2. The number of hydrogen-bond acceptors (Lipinski definition) is 3. The lowest BCUT2D eigenvalue weighted by atomic mass is 10.1. The summed E-state index contributed by atoms with van der Waals surface area (Å²) in [5.41, 5.74) is 0.481. The van der Waals surface area contributed by atoms with E-state index < -0.39 is 6.61 Å². The molecule has 0 spiro atoms. The Kier molecular flexibility index (Phi) is 5.21. The van der Waals surface area contributed by atoms with Crippen molar-refractivity contribution in [2.24, 2.45) is 0 Å². The van der Waals surface area contributed by atoms with Crippen LogP contribution in [0.5, 0.6) is 5.75 Å². The molecular weight excluding hydrogens is 226 g/mol. The summed E-state index contributed by atoms with van der Waals surface area (Å²) in [7, 11) is 0. The molecule has 5 heteroatoms. The van der Waals surface area contributed by atoms with Gasteiger partial charge in [0.2, 0.25) is 0 Å². The molecule has 0 radical (unpaired) electrons. The number of rotatable bonds is 6. The predicted molar refractivity (Wildman–Crippen MR) is 61.0 cm³/mol. The Labute approximate surface area is 99.0 Å². The average molecular weight is 240 g/mol. The molecule has 1 rings (SSSR count). The smallest absolute Gasteiger partial charge is 0.387 e. The molecule has 0 heterocycles. The minimum atomic E-state index is -2.85. The van der Waals surface area contributed by atoms with E-state index in [0.29, 0.717) is 12.1 Å². The molecule has 0 aliphatic carbocycles. The first-order chi connectivity index (χ1) is 8.17. The quantitative estimate of drug-likeness (QED) is 0.828. The lowest BCUT2D eigenvalue weighted by Crippen LogP contribution is -2.18. The Morgan fingerprint density at radius 3 is 2.71 bits per heavy atom. The van der Waals surface area contributed by atoms with Crippen molar-refractivity contribution in [1.82, 2.24) is 0 Å². The molecule has 1 aromatic rings. The van der Waals surface area contributed by atoms with Crippen molar-refractivity contribution in [2.75, 3.05) is 5.32 Å². The first-order valence-electron chi connectivity index (χ1n) is 5.34. The molecule has 0 saturated heterocycles. The van der Waals surface area contributed by atoms with Gasteiger partial charge in [-0.1, -0.05) is 19.1 Å². The molecule has 92 valence electrons. The van der Waals surface area contributed by atoms with Crippen molar-refractivity contribution in [1.29, 1.82) is 5.26 Å². The zero-order chi connectivity index (χ0) is 12.7. The molecule has 0 aliphatic rings. The second-order valence-corrected chi connectivity index (χ2v) is 3.49. The number of benzene rings is 1. The molecule has 0 aromatic heterocycles. The van der Waals surface area contributed by atoms with Crippen molar-refractivity contribution in [3.05, 3.63) is 24.3 Å². The summed E-state index contributed by atoms with van der Waals surface area (Å²) < 4.78 is 28.7. The Hall–Kier alpha value is -1.83. The van der Waals surface area contributed by atoms with Crippen LogP contribution in [0.4, 0.5) is 14.5 Å². The van der Waals surface area contributed by atoms with Gasteiger partial charge in [-0.2, -0.15) is 14.0 Å². The van der Waals surface area contributed by atoms with Gasteiger partial charge >= 0.3 is 6.61 Å². The molecule has 0 bridgehead atoms. The highest BCUT2D eigenvalue weighted by Gasteiger charge is 2.12. The Morgan fingerprint density at radius 1 is 1.41 bits per heavy atom. The molecule has 1 N–H and O–H groups in total.